The van der Waals surface area contributed by atoms with E-state index in [1.807, 2.05) is 12.3 Å². The van der Waals surface area contributed by atoms with Gasteiger partial charge in [0.05, 0.1) is 0 Å². The minimum absolute atomic E-state index is 1.00. The van der Waals surface area contributed by atoms with Crippen LogP contribution in [0.4, 0.5) is 0 Å². The van der Waals surface area contributed by atoms with Crippen molar-refractivity contribution >= 4 is 12.4 Å². The Morgan fingerprint density at radius 2 is 2.00 bits per heavy atom. The molecule has 0 fully saturated rings. The summed E-state index contributed by atoms with van der Waals surface area (Å²) < 4.78 is 0. The van der Waals surface area contributed by atoms with Gasteiger partial charge >= 0.3 is 0 Å². The van der Waals surface area contributed by atoms with E-state index in [1.165, 1.54) is 5.57 Å². The Bertz CT molecular complexity index is 155. The van der Waals surface area contributed by atoms with Crippen molar-refractivity contribution < 1.29 is 0 Å². The smallest absolute Gasteiger partial charge is 0.0277 e. The van der Waals surface area contributed by atoms with Crippen LogP contribution in [-0.4, -0.2) is 26.5 Å². The lowest BCUT2D eigenvalue weighted by Gasteiger charge is -1.90. The summed E-state index contributed by atoms with van der Waals surface area (Å²) in [6.07, 6.45) is 6.60. The molecule has 0 aliphatic carbocycles. The fourth-order valence-electron chi connectivity index (χ4n) is 0.588. The first-order valence-corrected chi connectivity index (χ1v) is 3.38. The van der Waals surface area contributed by atoms with Crippen LogP contribution in [0.2, 0.25) is 0 Å². The van der Waals surface area contributed by atoms with Gasteiger partial charge in [0.25, 0.3) is 0 Å². The van der Waals surface area contributed by atoms with Crippen LogP contribution in [0.5, 0.6) is 0 Å². The van der Waals surface area contributed by atoms with Crippen molar-refractivity contribution in [3.05, 3.63) is 11.6 Å². The molecule has 0 heterocycles. The van der Waals surface area contributed by atoms with Gasteiger partial charge < -0.3 is 0 Å². The number of allylic oxidation sites excluding steroid dienone is 2. The molecule has 0 aromatic carbocycles. The second-order valence-electron chi connectivity index (χ2n) is 1.89. The van der Waals surface area contributed by atoms with E-state index in [4.69, 9.17) is 0 Å². The van der Waals surface area contributed by atoms with E-state index in [0.717, 1.165) is 6.42 Å². The zero-order valence-electron chi connectivity index (χ0n) is 6.83. The SMILES string of the molecule is CC/C(C=NC)=C/C=NC. The van der Waals surface area contributed by atoms with E-state index in [1.54, 1.807) is 20.3 Å². The standard InChI is InChI=1S/C8H14N2/c1-4-8(7-10-3)5-6-9-2/h5-7H,4H2,1-3H3/b8-5-,9-6?,10-7?. The van der Waals surface area contributed by atoms with Gasteiger partial charge in [-0.1, -0.05) is 6.92 Å². The Hall–Kier alpha value is -0.920. The zero-order chi connectivity index (χ0) is 7.82. The first-order valence-electron chi connectivity index (χ1n) is 3.38. The zero-order valence-corrected chi connectivity index (χ0v) is 6.83. The average Bonchev–Trinajstić information content (AvgIpc) is 1.98. The molecule has 0 saturated carbocycles. The predicted octanol–water partition coefficient (Wildman–Crippen LogP) is 1.72. The fourth-order valence-corrected chi connectivity index (χ4v) is 0.588. The minimum atomic E-state index is 1.00. The van der Waals surface area contributed by atoms with E-state index in [2.05, 4.69) is 16.9 Å². The normalized spacial score (nSPS) is 13.7. The first kappa shape index (κ1) is 9.08. The van der Waals surface area contributed by atoms with Gasteiger partial charge in [-0.3, -0.25) is 9.98 Å². The highest BCUT2D eigenvalue weighted by atomic mass is 14.6. The van der Waals surface area contributed by atoms with Crippen LogP contribution in [0.3, 0.4) is 0 Å². The van der Waals surface area contributed by atoms with Crippen LogP contribution in [0.1, 0.15) is 13.3 Å². The quantitative estimate of drug-likeness (QED) is 0.530. The van der Waals surface area contributed by atoms with Crippen LogP contribution < -0.4 is 0 Å². The lowest BCUT2D eigenvalue weighted by molar-refractivity contribution is 1.18. The molecular formula is C8H14N2. The number of rotatable bonds is 3. The van der Waals surface area contributed by atoms with Crippen molar-refractivity contribution in [2.24, 2.45) is 9.98 Å². The Balaban J connectivity index is 4.04. The van der Waals surface area contributed by atoms with E-state index < -0.39 is 0 Å². The van der Waals surface area contributed by atoms with Gasteiger partial charge in [0, 0.05) is 26.5 Å². The predicted molar refractivity (Wildman–Crippen MR) is 47.2 cm³/mol. The molecule has 0 aliphatic rings. The van der Waals surface area contributed by atoms with Gasteiger partial charge in [0.1, 0.15) is 0 Å². The molecular weight excluding hydrogens is 124 g/mol. The Kier molecular flexibility index (Phi) is 5.63. The molecule has 0 bridgehead atoms. The molecule has 2 nitrogen and oxygen atoms in total. The van der Waals surface area contributed by atoms with Crippen LogP contribution >= 0.6 is 0 Å². The highest BCUT2D eigenvalue weighted by Gasteiger charge is 1.83. The van der Waals surface area contributed by atoms with Crippen molar-refractivity contribution in [3.63, 3.8) is 0 Å². The molecule has 0 N–H and O–H groups in total. The molecule has 10 heavy (non-hydrogen) atoms. The topological polar surface area (TPSA) is 24.7 Å². The first-order chi connectivity index (χ1) is 4.85. The third-order valence-electron chi connectivity index (χ3n) is 1.14. The van der Waals surface area contributed by atoms with Crippen LogP contribution in [-0.2, 0) is 0 Å². The second kappa shape index (κ2) is 6.20. The molecule has 0 saturated heterocycles. The van der Waals surface area contributed by atoms with Gasteiger partial charge in [-0.2, -0.15) is 0 Å². The van der Waals surface area contributed by atoms with E-state index in [0.29, 0.717) is 0 Å². The summed E-state index contributed by atoms with van der Waals surface area (Å²) in [5.41, 5.74) is 1.20. The van der Waals surface area contributed by atoms with Gasteiger partial charge in [-0.25, -0.2) is 0 Å². The van der Waals surface area contributed by atoms with Crippen LogP contribution in [0.25, 0.3) is 0 Å². The molecule has 0 radical (unpaired) electrons. The monoisotopic (exact) mass is 138 g/mol. The molecule has 0 unspecified atom stereocenters. The molecule has 56 valence electrons. The number of aliphatic imine (C=N–C) groups is 2. The average molecular weight is 138 g/mol. The molecule has 0 aromatic rings. The Morgan fingerprint density at radius 3 is 2.40 bits per heavy atom. The summed E-state index contributed by atoms with van der Waals surface area (Å²) in [6.45, 7) is 2.09. The van der Waals surface area contributed by atoms with Gasteiger partial charge in [-0.05, 0) is 18.1 Å². The molecule has 0 aromatic heterocycles. The number of nitrogens with zero attached hydrogens (tertiary/aromatic N) is 2. The maximum Gasteiger partial charge on any atom is 0.0277 e. The summed E-state index contributed by atoms with van der Waals surface area (Å²) in [4.78, 5) is 7.75. The molecule has 2 heteroatoms. The van der Waals surface area contributed by atoms with Crippen LogP contribution in [0, 0.1) is 0 Å². The Morgan fingerprint density at radius 1 is 1.30 bits per heavy atom. The van der Waals surface area contributed by atoms with Crippen molar-refractivity contribution in [2.45, 2.75) is 13.3 Å². The number of hydrogen-bond acceptors (Lipinski definition) is 2. The summed E-state index contributed by atoms with van der Waals surface area (Å²) in [5, 5.41) is 0. The van der Waals surface area contributed by atoms with Crippen molar-refractivity contribution in [2.75, 3.05) is 14.1 Å². The molecule has 0 spiro atoms. The van der Waals surface area contributed by atoms with E-state index in [9.17, 15) is 0 Å². The van der Waals surface area contributed by atoms with Crippen molar-refractivity contribution in [3.8, 4) is 0 Å². The summed E-state index contributed by atoms with van der Waals surface area (Å²) in [6, 6.07) is 0. The van der Waals surface area contributed by atoms with E-state index >= 15 is 0 Å². The highest BCUT2D eigenvalue weighted by Crippen LogP contribution is 1.93. The highest BCUT2D eigenvalue weighted by molar-refractivity contribution is 5.86. The minimum Gasteiger partial charge on any atom is -0.297 e. The van der Waals surface area contributed by atoms with Gasteiger partial charge in [0.2, 0.25) is 0 Å². The fraction of sp³-hybridized carbons (Fsp3) is 0.500. The largest absolute Gasteiger partial charge is 0.297 e. The van der Waals surface area contributed by atoms with E-state index in [-0.39, 0.29) is 0 Å². The van der Waals surface area contributed by atoms with Crippen molar-refractivity contribution in [1.82, 2.24) is 0 Å². The lowest BCUT2D eigenvalue weighted by atomic mass is 10.2. The van der Waals surface area contributed by atoms with Crippen LogP contribution in [0.15, 0.2) is 21.6 Å². The summed E-state index contributed by atoms with van der Waals surface area (Å²) in [7, 11) is 3.53. The molecule has 0 amide bonds. The Labute approximate surface area is 62.4 Å². The third-order valence-corrected chi connectivity index (χ3v) is 1.14. The molecule has 0 aliphatic heterocycles. The number of hydrogen-bond donors (Lipinski definition) is 0. The van der Waals surface area contributed by atoms with Gasteiger partial charge in [-0.15, -0.1) is 0 Å². The van der Waals surface area contributed by atoms with Gasteiger partial charge in [0.15, 0.2) is 0 Å². The second-order valence-corrected chi connectivity index (χ2v) is 1.89. The maximum absolute atomic E-state index is 3.90. The summed E-state index contributed by atoms with van der Waals surface area (Å²) >= 11 is 0. The molecule has 0 atom stereocenters. The maximum atomic E-state index is 3.90. The summed E-state index contributed by atoms with van der Waals surface area (Å²) in [5.74, 6) is 0. The van der Waals surface area contributed by atoms with Crippen molar-refractivity contribution in [1.29, 1.82) is 0 Å². The third kappa shape index (κ3) is 4.01. The lowest BCUT2D eigenvalue weighted by Crippen LogP contribution is -1.82. The molecule has 0 rings (SSSR count).